The van der Waals surface area contributed by atoms with Gasteiger partial charge < -0.3 is 14.7 Å². The third-order valence-corrected chi connectivity index (χ3v) is 5.94. The molecule has 2 atom stereocenters. The predicted molar refractivity (Wildman–Crippen MR) is 109 cm³/mol. The number of morpholine rings is 1. The van der Waals surface area contributed by atoms with Gasteiger partial charge in [-0.15, -0.1) is 0 Å². The smallest absolute Gasteiger partial charge is 0.254 e. The van der Waals surface area contributed by atoms with Crippen molar-refractivity contribution in [1.82, 2.24) is 9.80 Å². The fourth-order valence-corrected chi connectivity index (χ4v) is 4.34. The number of benzene rings is 2. The lowest BCUT2D eigenvalue weighted by Gasteiger charge is -2.30. The zero-order valence-corrected chi connectivity index (χ0v) is 16.2. The number of amides is 1. The van der Waals surface area contributed by atoms with Crippen LogP contribution in [0, 0.1) is 11.8 Å². The third-order valence-electron chi connectivity index (χ3n) is 5.94. The van der Waals surface area contributed by atoms with Crippen LogP contribution in [0.4, 0.5) is 0 Å². The van der Waals surface area contributed by atoms with Crippen LogP contribution in [-0.2, 0) is 4.74 Å². The van der Waals surface area contributed by atoms with Crippen LogP contribution in [0.3, 0.4) is 0 Å². The SMILES string of the molecule is O=C(c1ccccc1-c1ccccc1)N1C[C@@H](CO)[C@@H](CN2CCOCC2)C1. The first-order chi connectivity index (χ1) is 13.8. The van der Waals surface area contributed by atoms with E-state index in [4.69, 9.17) is 4.74 Å². The highest BCUT2D eigenvalue weighted by atomic mass is 16.5. The maximum atomic E-state index is 13.4. The van der Waals surface area contributed by atoms with Crippen molar-refractivity contribution in [3.05, 3.63) is 60.2 Å². The molecule has 2 saturated heterocycles. The third kappa shape index (κ3) is 4.12. The number of hydrogen-bond donors (Lipinski definition) is 1. The molecule has 2 aliphatic rings. The second kappa shape index (κ2) is 8.86. The van der Waals surface area contributed by atoms with Crippen LogP contribution in [0.2, 0.25) is 0 Å². The number of rotatable bonds is 5. The number of likely N-dealkylation sites (tertiary alicyclic amines) is 1. The highest BCUT2D eigenvalue weighted by molar-refractivity contribution is 6.01. The van der Waals surface area contributed by atoms with Crippen molar-refractivity contribution in [1.29, 1.82) is 0 Å². The van der Waals surface area contributed by atoms with Crippen LogP contribution in [0.25, 0.3) is 11.1 Å². The number of ether oxygens (including phenoxy) is 1. The second-order valence-electron chi connectivity index (χ2n) is 7.74. The molecule has 0 saturated carbocycles. The molecule has 0 radical (unpaired) electrons. The Morgan fingerprint density at radius 3 is 2.39 bits per heavy atom. The Hall–Kier alpha value is -2.21. The van der Waals surface area contributed by atoms with Crippen molar-refractivity contribution in [3.63, 3.8) is 0 Å². The van der Waals surface area contributed by atoms with Gasteiger partial charge in [0.1, 0.15) is 0 Å². The van der Waals surface area contributed by atoms with Crippen LogP contribution < -0.4 is 0 Å². The van der Waals surface area contributed by atoms with Crippen molar-refractivity contribution in [2.24, 2.45) is 11.8 Å². The first-order valence-corrected chi connectivity index (χ1v) is 10.1. The molecular weight excluding hydrogens is 352 g/mol. The number of nitrogens with zero attached hydrogens (tertiary/aromatic N) is 2. The van der Waals surface area contributed by atoms with Crippen molar-refractivity contribution in [2.45, 2.75) is 0 Å². The van der Waals surface area contributed by atoms with Crippen molar-refractivity contribution in [2.75, 3.05) is 52.5 Å². The molecule has 2 fully saturated rings. The molecule has 4 rings (SSSR count). The average molecular weight is 380 g/mol. The molecule has 5 heteroatoms. The number of carbonyl (C=O) groups excluding carboxylic acids is 1. The first kappa shape index (κ1) is 19.1. The van der Waals surface area contributed by atoms with Gasteiger partial charge in [0.2, 0.25) is 0 Å². The predicted octanol–water partition coefficient (Wildman–Crippen LogP) is 2.37. The molecule has 0 aromatic heterocycles. The molecule has 5 nitrogen and oxygen atoms in total. The van der Waals surface area contributed by atoms with Gasteiger partial charge in [-0.05, 0) is 23.1 Å². The summed E-state index contributed by atoms with van der Waals surface area (Å²) in [6.07, 6.45) is 0. The first-order valence-electron chi connectivity index (χ1n) is 10.1. The van der Waals surface area contributed by atoms with E-state index in [0.29, 0.717) is 19.0 Å². The Morgan fingerprint density at radius 1 is 0.964 bits per heavy atom. The van der Waals surface area contributed by atoms with E-state index in [0.717, 1.165) is 49.5 Å². The number of hydrogen-bond acceptors (Lipinski definition) is 4. The van der Waals surface area contributed by atoms with E-state index >= 15 is 0 Å². The van der Waals surface area contributed by atoms with E-state index < -0.39 is 0 Å². The Balaban J connectivity index is 1.51. The van der Waals surface area contributed by atoms with Crippen molar-refractivity contribution >= 4 is 5.91 Å². The summed E-state index contributed by atoms with van der Waals surface area (Å²) in [7, 11) is 0. The van der Waals surface area contributed by atoms with Crippen molar-refractivity contribution in [3.8, 4) is 11.1 Å². The van der Waals surface area contributed by atoms with Gasteiger partial charge in [-0.1, -0.05) is 48.5 Å². The van der Waals surface area contributed by atoms with Gasteiger partial charge in [0.15, 0.2) is 0 Å². The Bertz CT molecular complexity index is 789. The van der Waals surface area contributed by atoms with E-state index in [2.05, 4.69) is 4.90 Å². The Kier molecular flexibility index (Phi) is 6.05. The Labute approximate surface area is 166 Å². The second-order valence-corrected chi connectivity index (χ2v) is 7.74. The zero-order valence-electron chi connectivity index (χ0n) is 16.2. The van der Waals surface area contributed by atoms with E-state index in [1.54, 1.807) is 0 Å². The molecule has 1 amide bonds. The van der Waals surface area contributed by atoms with E-state index in [9.17, 15) is 9.90 Å². The molecule has 0 bridgehead atoms. The monoisotopic (exact) mass is 380 g/mol. The molecule has 28 heavy (non-hydrogen) atoms. The molecule has 148 valence electrons. The average Bonchev–Trinajstić information content (AvgIpc) is 3.17. The standard InChI is InChI=1S/C23H28N2O3/c26-17-20-16-25(15-19(20)14-24-10-12-28-13-11-24)23(27)22-9-5-4-8-21(22)18-6-2-1-3-7-18/h1-9,19-20,26H,10-17H2/t19-,20-/m0/s1. The van der Waals surface area contributed by atoms with Crippen LogP contribution >= 0.6 is 0 Å². The highest BCUT2D eigenvalue weighted by Crippen LogP contribution is 2.29. The summed E-state index contributed by atoms with van der Waals surface area (Å²) in [6.45, 7) is 5.75. The molecule has 2 aliphatic heterocycles. The van der Waals surface area contributed by atoms with Gasteiger partial charge in [0.05, 0.1) is 13.2 Å². The van der Waals surface area contributed by atoms with Crippen LogP contribution in [0.1, 0.15) is 10.4 Å². The summed E-state index contributed by atoms with van der Waals surface area (Å²) in [4.78, 5) is 17.7. The zero-order chi connectivity index (χ0) is 19.3. The van der Waals surface area contributed by atoms with Gasteiger partial charge in [-0.2, -0.15) is 0 Å². The lowest BCUT2D eigenvalue weighted by atomic mass is 9.96. The van der Waals surface area contributed by atoms with Crippen LogP contribution in [0.5, 0.6) is 0 Å². The summed E-state index contributed by atoms with van der Waals surface area (Å²) < 4.78 is 5.43. The number of aliphatic hydroxyl groups is 1. The fraction of sp³-hybridized carbons (Fsp3) is 0.435. The molecular formula is C23H28N2O3. The summed E-state index contributed by atoms with van der Waals surface area (Å²) in [5, 5.41) is 9.89. The van der Waals surface area contributed by atoms with Crippen LogP contribution in [-0.4, -0.2) is 73.4 Å². The summed E-state index contributed by atoms with van der Waals surface area (Å²) in [5.41, 5.74) is 2.75. The largest absolute Gasteiger partial charge is 0.396 e. The number of aliphatic hydroxyl groups excluding tert-OH is 1. The molecule has 0 spiro atoms. The molecule has 2 heterocycles. The number of carbonyl (C=O) groups is 1. The topological polar surface area (TPSA) is 53.0 Å². The molecule has 0 unspecified atom stereocenters. The molecule has 2 aromatic rings. The highest BCUT2D eigenvalue weighted by Gasteiger charge is 2.36. The maximum Gasteiger partial charge on any atom is 0.254 e. The van der Waals surface area contributed by atoms with Gasteiger partial charge >= 0.3 is 0 Å². The Morgan fingerprint density at radius 2 is 1.64 bits per heavy atom. The molecule has 0 aliphatic carbocycles. The van der Waals surface area contributed by atoms with Gasteiger partial charge in [0, 0.05) is 50.8 Å². The quantitative estimate of drug-likeness (QED) is 0.865. The normalized spacial score (nSPS) is 23.1. The van der Waals surface area contributed by atoms with Gasteiger partial charge in [-0.25, -0.2) is 0 Å². The maximum absolute atomic E-state index is 13.4. The minimum Gasteiger partial charge on any atom is -0.396 e. The van der Waals surface area contributed by atoms with E-state index in [-0.39, 0.29) is 18.4 Å². The van der Waals surface area contributed by atoms with Gasteiger partial charge in [0.25, 0.3) is 5.91 Å². The minimum absolute atomic E-state index is 0.0578. The van der Waals surface area contributed by atoms with Gasteiger partial charge in [-0.3, -0.25) is 9.69 Å². The summed E-state index contributed by atoms with van der Waals surface area (Å²) >= 11 is 0. The fourth-order valence-electron chi connectivity index (χ4n) is 4.34. The summed E-state index contributed by atoms with van der Waals surface area (Å²) in [6, 6.07) is 17.9. The lowest BCUT2D eigenvalue weighted by molar-refractivity contribution is 0.0264. The van der Waals surface area contributed by atoms with Crippen LogP contribution in [0.15, 0.2) is 54.6 Å². The van der Waals surface area contributed by atoms with E-state index in [1.165, 1.54) is 0 Å². The molecule has 1 N–H and O–H groups in total. The van der Waals surface area contributed by atoms with E-state index in [1.807, 2.05) is 59.5 Å². The minimum atomic E-state index is 0.0578. The molecule has 2 aromatic carbocycles. The summed E-state index contributed by atoms with van der Waals surface area (Å²) in [5.74, 6) is 0.494. The lowest BCUT2D eigenvalue weighted by Crippen LogP contribution is -2.41. The van der Waals surface area contributed by atoms with Crippen molar-refractivity contribution < 1.29 is 14.6 Å².